The molecule has 0 radical (unpaired) electrons. The summed E-state index contributed by atoms with van der Waals surface area (Å²) in [6, 6.07) is 6.27. The minimum absolute atomic E-state index is 0.0253. The standard InChI is InChI=1S/C19H28N6O/c1-15-13-17(8-9-18(15)25-14-21-22-23-25)19(26)20-10-4-6-12-24-11-5-3-7-16(24)2/h8-9,13-14,16H,3-7,10-12H2,1-2H3,(H,20,26). The van der Waals surface area contributed by atoms with Crippen LogP contribution in [0.4, 0.5) is 0 Å². The monoisotopic (exact) mass is 356 g/mol. The van der Waals surface area contributed by atoms with Crippen molar-refractivity contribution in [2.24, 2.45) is 0 Å². The molecule has 1 fully saturated rings. The van der Waals surface area contributed by atoms with Crippen LogP contribution in [0.5, 0.6) is 0 Å². The molecule has 7 nitrogen and oxygen atoms in total. The van der Waals surface area contributed by atoms with Crippen LogP contribution in [-0.2, 0) is 0 Å². The second kappa shape index (κ2) is 8.89. The van der Waals surface area contributed by atoms with E-state index >= 15 is 0 Å². The SMILES string of the molecule is Cc1cc(C(=O)NCCCCN2CCCCC2C)ccc1-n1cnnn1. The van der Waals surface area contributed by atoms with E-state index in [1.54, 1.807) is 11.0 Å². The molecule has 7 heteroatoms. The lowest BCUT2D eigenvalue weighted by molar-refractivity contribution is 0.0951. The van der Waals surface area contributed by atoms with Gasteiger partial charge in [-0.05, 0) is 86.8 Å². The van der Waals surface area contributed by atoms with Crippen molar-refractivity contribution in [1.82, 2.24) is 30.4 Å². The van der Waals surface area contributed by atoms with Crippen molar-refractivity contribution in [2.75, 3.05) is 19.6 Å². The van der Waals surface area contributed by atoms with Crippen LogP contribution in [0.15, 0.2) is 24.5 Å². The predicted octanol–water partition coefficient (Wildman–Crippen LogP) is 2.36. The van der Waals surface area contributed by atoms with Gasteiger partial charge in [-0.15, -0.1) is 5.10 Å². The zero-order valence-electron chi connectivity index (χ0n) is 15.7. The van der Waals surface area contributed by atoms with Crippen molar-refractivity contribution in [3.63, 3.8) is 0 Å². The zero-order chi connectivity index (χ0) is 18.4. The first-order valence-electron chi connectivity index (χ1n) is 9.51. The van der Waals surface area contributed by atoms with E-state index in [4.69, 9.17) is 0 Å². The van der Waals surface area contributed by atoms with E-state index in [1.807, 2.05) is 25.1 Å². The van der Waals surface area contributed by atoms with Gasteiger partial charge in [0.1, 0.15) is 6.33 Å². The maximum atomic E-state index is 12.3. The first-order valence-corrected chi connectivity index (χ1v) is 9.51. The number of aryl methyl sites for hydroxylation is 1. The second-order valence-corrected chi connectivity index (χ2v) is 7.10. The van der Waals surface area contributed by atoms with Crippen LogP contribution in [0.3, 0.4) is 0 Å². The fraction of sp³-hybridized carbons (Fsp3) is 0.579. The first-order chi connectivity index (χ1) is 12.6. The average Bonchev–Trinajstić information content (AvgIpc) is 3.17. The molecule has 1 amide bonds. The molecule has 2 heterocycles. The van der Waals surface area contributed by atoms with Gasteiger partial charge in [0.2, 0.25) is 0 Å². The average molecular weight is 356 g/mol. The van der Waals surface area contributed by atoms with Crippen molar-refractivity contribution in [2.45, 2.75) is 52.0 Å². The molecular formula is C19H28N6O. The minimum atomic E-state index is -0.0253. The number of tetrazole rings is 1. The Morgan fingerprint density at radius 1 is 1.31 bits per heavy atom. The van der Waals surface area contributed by atoms with Gasteiger partial charge in [-0.2, -0.15) is 0 Å². The summed E-state index contributed by atoms with van der Waals surface area (Å²) in [4.78, 5) is 14.9. The molecule has 26 heavy (non-hydrogen) atoms. The molecular weight excluding hydrogens is 328 g/mol. The van der Waals surface area contributed by atoms with E-state index in [2.05, 4.69) is 32.7 Å². The van der Waals surface area contributed by atoms with E-state index in [0.717, 1.165) is 37.2 Å². The number of amides is 1. The summed E-state index contributed by atoms with van der Waals surface area (Å²) < 4.78 is 1.60. The fourth-order valence-corrected chi connectivity index (χ4v) is 3.56. The van der Waals surface area contributed by atoms with Crippen LogP contribution < -0.4 is 5.32 Å². The topological polar surface area (TPSA) is 75.9 Å². The van der Waals surface area contributed by atoms with Gasteiger partial charge in [0.05, 0.1) is 5.69 Å². The molecule has 0 aliphatic carbocycles. The normalized spacial score (nSPS) is 18.0. The summed E-state index contributed by atoms with van der Waals surface area (Å²) in [5.74, 6) is -0.0253. The molecule has 140 valence electrons. The lowest BCUT2D eigenvalue weighted by Gasteiger charge is -2.33. The highest BCUT2D eigenvalue weighted by atomic mass is 16.1. The molecule has 1 aromatic heterocycles. The van der Waals surface area contributed by atoms with E-state index in [0.29, 0.717) is 11.6 Å². The third-order valence-corrected chi connectivity index (χ3v) is 5.15. The van der Waals surface area contributed by atoms with Crippen LogP contribution >= 0.6 is 0 Å². The number of aromatic nitrogens is 4. The molecule has 1 saturated heterocycles. The molecule has 0 bridgehead atoms. The summed E-state index contributed by atoms with van der Waals surface area (Å²) in [5, 5.41) is 14.2. The Kier molecular flexibility index (Phi) is 6.33. The number of nitrogens with zero attached hydrogens (tertiary/aromatic N) is 5. The number of carbonyl (C=O) groups excluding carboxylic acids is 1. The lowest BCUT2D eigenvalue weighted by Crippen LogP contribution is -2.38. The van der Waals surface area contributed by atoms with Gasteiger partial charge < -0.3 is 10.2 Å². The second-order valence-electron chi connectivity index (χ2n) is 7.10. The van der Waals surface area contributed by atoms with E-state index in [9.17, 15) is 4.79 Å². The molecule has 0 saturated carbocycles. The van der Waals surface area contributed by atoms with Crippen molar-refractivity contribution >= 4 is 5.91 Å². The van der Waals surface area contributed by atoms with E-state index in [-0.39, 0.29) is 5.91 Å². The van der Waals surface area contributed by atoms with Gasteiger partial charge in [0.15, 0.2) is 0 Å². The Labute approximate surface area is 154 Å². The molecule has 1 unspecified atom stereocenters. The Bertz CT molecular complexity index is 715. The number of likely N-dealkylation sites (tertiary alicyclic amines) is 1. The number of benzene rings is 1. The quantitative estimate of drug-likeness (QED) is 0.771. The molecule has 1 aliphatic rings. The lowest BCUT2D eigenvalue weighted by atomic mass is 10.0. The van der Waals surface area contributed by atoms with Crippen LogP contribution in [0, 0.1) is 6.92 Å². The summed E-state index contributed by atoms with van der Waals surface area (Å²) in [7, 11) is 0. The zero-order valence-corrected chi connectivity index (χ0v) is 15.7. The van der Waals surface area contributed by atoms with Crippen molar-refractivity contribution in [1.29, 1.82) is 0 Å². The van der Waals surface area contributed by atoms with Gasteiger partial charge in [-0.25, -0.2) is 4.68 Å². The Morgan fingerprint density at radius 3 is 2.92 bits per heavy atom. The number of rotatable bonds is 7. The maximum Gasteiger partial charge on any atom is 0.251 e. The number of unbranched alkanes of at least 4 members (excludes halogenated alkanes) is 1. The van der Waals surface area contributed by atoms with Crippen LogP contribution in [0.1, 0.15) is 54.9 Å². The summed E-state index contributed by atoms with van der Waals surface area (Å²) in [6.45, 7) is 7.35. The Morgan fingerprint density at radius 2 is 2.19 bits per heavy atom. The van der Waals surface area contributed by atoms with Gasteiger partial charge in [-0.3, -0.25) is 4.79 Å². The number of carbonyl (C=O) groups is 1. The van der Waals surface area contributed by atoms with Crippen LogP contribution in [-0.4, -0.2) is 56.7 Å². The third kappa shape index (κ3) is 4.66. The number of nitrogens with one attached hydrogen (secondary N) is 1. The molecule has 3 rings (SSSR count). The van der Waals surface area contributed by atoms with Gasteiger partial charge in [0.25, 0.3) is 5.91 Å². The minimum Gasteiger partial charge on any atom is -0.352 e. The van der Waals surface area contributed by atoms with Gasteiger partial charge in [0, 0.05) is 18.2 Å². The highest BCUT2D eigenvalue weighted by molar-refractivity contribution is 5.94. The molecule has 1 N–H and O–H groups in total. The van der Waals surface area contributed by atoms with Crippen molar-refractivity contribution in [3.05, 3.63) is 35.7 Å². The molecule has 1 atom stereocenters. The Hall–Kier alpha value is -2.28. The molecule has 0 spiro atoms. The van der Waals surface area contributed by atoms with Crippen molar-refractivity contribution < 1.29 is 4.79 Å². The molecule has 2 aromatic rings. The van der Waals surface area contributed by atoms with E-state index in [1.165, 1.54) is 25.8 Å². The van der Waals surface area contributed by atoms with Crippen molar-refractivity contribution in [3.8, 4) is 5.69 Å². The van der Waals surface area contributed by atoms with Gasteiger partial charge in [-0.1, -0.05) is 6.42 Å². The summed E-state index contributed by atoms with van der Waals surface area (Å²) in [6.07, 6.45) is 7.68. The molecule has 1 aliphatic heterocycles. The largest absolute Gasteiger partial charge is 0.352 e. The third-order valence-electron chi connectivity index (χ3n) is 5.15. The Balaban J connectivity index is 1.43. The summed E-state index contributed by atoms with van der Waals surface area (Å²) in [5.41, 5.74) is 2.51. The highest BCUT2D eigenvalue weighted by Gasteiger charge is 2.17. The number of hydrogen-bond acceptors (Lipinski definition) is 5. The maximum absolute atomic E-state index is 12.3. The molecule has 1 aromatic carbocycles. The smallest absolute Gasteiger partial charge is 0.251 e. The highest BCUT2D eigenvalue weighted by Crippen LogP contribution is 2.17. The summed E-state index contributed by atoms with van der Waals surface area (Å²) >= 11 is 0. The van der Waals surface area contributed by atoms with Crippen LogP contribution in [0.25, 0.3) is 5.69 Å². The first kappa shape index (κ1) is 18.5. The van der Waals surface area contributed by atoms with Crippen LogP contribution in [0.2, 0.25) is 0 Å². The number of hydrogen-bond donors (Lipinski definition) is 1. The van der Waals surface area contributed by atoms with E-state index < -0.39 is 0 Å². The fourth-order valence-electron chi connectivity index (χ4n) is 3.56. The van der Waals surface area contributed by atoms with Gasteiger partial charge >= 0.3 is 0 Å². The predicted molar refractivity (Wildman–Crippen MR) is 100 cm³/mol. The number of piperidine rings is 1.